The second-order valence-corrected chi connectivity index (χ2v) is 6.69. The van der Waals surface area contributed by atoms with Gasteiger partial charge >= 0.3 is 6.03 Å². The van der Waals surface area contributed by atoms with Gasteiger partial charge in [-0.3, -0.25) is 9.78 Å². The Morgan fingerprint density at radius 1 is 1.04 bits per heavy atom. The van der Waals surface area contributed by atoms with Crippen molar-refractivity contribution in [2.24, 2.45) is 0 Å². The van der Waals surface area contributed by atoms with Crippen LogP contribution in [-0.4, -0.2) is 36.1 Å². The molecule has 0 unspecified atom stereocenters. The zero-order chi connectivity index (χ0) is 19.2. The highest BCUT2D eigenvalue weighted by Crippen LogP contribution is 2.20. The molecule has 1 aromatic heterocycles. The SMILES string of the molecule is CNC(=O)N[C@H]1CC[C@H](NC(=O)c2ccc(-c3cccc(F)c3)nc2)CC1. The van der Waals surface area contributed by atoms with Crippen molar-refractivity contribution in [1.82, 2.24) is 20.9 Å². The number of pyridine rings is 1. The highest BCUT2D eigenvalue weighted by Gasteiger charge is 2.23. The lowest BCUT2D eigenvalue weighted by Crippen LogP contribution is -2.46. The summed E-state index contributed by atoms with van der Waals surface area (Å²) < 4.78 is 13.3. The molecule has 6 nitrogen and oxygen atoms in total. The summed E-state index contributed by atoms with van der Waals surface area (Å²) in [5.74, 6) is -0.492. The average molecular weight is 370 g/mol. The van der Waals surface area contributed by atoms with Crippen molar-refractivity contribution in [1.29, 1.82) is 0 Å². The van der Waals surface area contributed by atoms with Crippen molar-refractivity contribution in [3.63, 3.8) is 0 Å². The topological polar surface area (TPSA) is 83.1 Å². The second-order valence-electron chi connectivity index (χ2n) is 6.69. The molecule has 3 amide bonds. The smallest absolute Gasteiger partial charge is 0.314 e. The predicted octanol–water partition coefficient (Wildman–Crippen LogP) is 2.86. The minimum absolute atomic E-state index is 0.0862. The van der Waals surface area contributed by atoms with Gasteiger partial charge in [-0.1, -0.05) is 12.1 Å². The Morgan fingerprint density at radius 2 is 1.74 bits per heavy atom. The minimum atomic E-state index is -0.322. The third kappa shape index (κ3) is 5.03. The Hall–Kier alpha value is -2.96. The van der Waals surface area contributed by atoms with E-state index in [1.54, 1.807) is 31.3 Å². The Labute approximate surface area is 157 Å². The van der Waals surface area contributed by atoms with Gasteiger partial charge in [0.15, 0.2) is 0 Å². The van der Waals surface area contributed by atoms with Gasteiger partial charge in [0.05, 0.1) is 11.3 Å². The van der Waals surface area contributed by atoms with E-state index in [0.717, 1.165) is 25.7 Å². The molecule has 142 valence electrons. The molecule has 1 heterocycles. The molecule has 1 aliphatic carbocycles. The molecular formula is C20H23FN4O2. The van der Waals surface area contributed by atoms with Crippen LogP contribution in [0.5, 0.6) is 0 Å². The van der Waals surface area contributed by atoms with Crippen molar-refractivity contribution >= 4 is 11.9 Å². The summed E-state index contributed by atoms with van der Waals surface area (Å²) in [7, 11) is 1.59. The normalized spacial score (nSPS) is 19.2. The van der Waals surface area contributed by atoms with Crippen LogP contribution < -0.4 is 16.0 Å². The number of carbonyl (C=O) groups is 2. The van der Waals surface area contributed by atoms with Crippen LogP contribution >= 0.6 is 0 Å². The number of aromatic nitrogens is 1. The highest BCUT2D eigenvalue weighted by atomic mass is 19.1. The molecule has 0 atom stereocenters. The third-order valence-electron chi connectivity index (χ3n) is 4.77. The number of carbonyl (C=O) groups excluding carboxylic acids is 2. The van der Waals surface area contributed by atoms with Crippen LogP contribution in [0.15, 0.2) is 42.6 Å². The van der Waals surface area contributed by atoms with Gasteiger partial charge in [0, 0.05) is 30.9 Å². The van der Waals surface area contributed by atoms with Crippen molar-refractivity contribution in [3.8, 4) is 11.3 Å². The number of urea groups is 1. The molecular weight excluding hydrogens is 347 g/mol. The van der Waals surface area contributed by atoms with E-state index >= 15 is 0 Å². The van der Waals surface area contributed by atoms with E-state index in [1.807, 2.05) is 0 Å². The molecule has 0 spiro atoms. The van der Waals surface area contributed by atoms with E-state index in [2.05, 4.69) is 20.9 Å². The number of nitrogens with zero attached hydrogens (tertiary/aromatic N) is 1. The van der Waals surface area contributed by atoms with Crippen LogP contribution in [0.25, 0.3) is 11.3 Å². The summed E-state index contributed by atoms with van der Waals surface area (Å²) >= 11 is 0. The molecule has 0 radical (unpaired) electrons. The zero-order valence-electron chi connectivity index (χ0n) is 15.2. The van der Waals surface area contributed by atoms with Gasteiger partial charge in [-0.05, 0) is 49.9 Å². The second kappa shape index (κ2) is 8.62. The van der Waals surface area contributed by atoms with Crippen LogP contribution in [0.3, 0.4) is 0 Å². The third-order valence-corrected chi connectivity index (χ3v) is 4.77. The lowest BCUT2D eigenvalue weighted by Gasteiger charge is -2.29. The summed E-state index contributed by atoms with van der Waals surface area (Å²) in [5.41, 5.74) is 1.76. The van der Waals surface area contributed by atoms with E-state index in [4.69, 9.17) is 0 Å². The standard InChI is InChI=1S/C20H23FN4O2/c1-22-20(27)25-17-8-6-16(7-9-17)24-19(26)14-5-10-18(23-12-14)13-3-2-4-15(21)11-13/h2-5,10-12,16-17H,6-9H2,1H3,(H,24,26)(H2,22,25,27)/t16-,17-. The molecule has 1 saturated carbocycles. The van der Waals surface area contributed by atoms with Gasteiger partial charge in [-0.25, -0.2) is 9.18 Å². The van der Waals surface area contributed by atoms with Gasteiger partial charge < -0.3 is 16.0 Å². The lowest BCUT2D eigenvalue weighted by molar-refractivity contribution is 0.0924. The quantitative estimate of drug-likeness (QED) is 0.774. The van der Waals surface area contributed by atoms with Crippen molar-refractivity contribution < 1.29 is 14.0 Å². The molecule has 1 aliphatic rings. The number of nitrogens with one attached hydrogen (secondary N) is 3. The molecule has 0 aliphatic heterocycles. The molecule has 7 heteroatoms. The van der Waals surface area contributed by atoms with E-state index in [-0.39, 0.29) is 29.8 Å². The fourth-order valence-corrected chi connectivity index (χ4v) is 3.26. The minimum Gasteiger partial charge on any atom is -0.349 e. The summed E-state index contributed by atoms with van der Waals surface area (Å²) in [6.45, 7) is 0. The Morgan fingerprint density at radius 3 is 2.33 bits per heavy atom. The molecule has 1 aromatic carbocycles. The fraction of sp³-hybridized carbons (Fsp3) is 0.350. The van der Waals surface area contributed by atoms with Crippen molar-refractivity contribution in [2.75, 3.05) is 7.05 Å². The number of amides is 3. The number of benzene rings is 1. The fourth-order valence-electron chi connectivity index (χ4n) is 3.26. The van der Waals surface area contributed by atoms with Crippen molar-refractivity contribution in [2.45, 2.75) is 37.8 Å². The van der Waals surface area contributed by atoms with Crippen LogP contribution in [0.2, 0.25) is 0 Å². The van der Waals surface area contributed by atoms with E-state index in [0.29, 0.717) is 16.8 Å². The maximum absolute atomic E-state index is 13.3. The van der Waals surface area contributed by atoms with E-state index in [9.17, 15) is 14.0 Å². The summed E-state index contributed by atoms with van der Waals surface area (Å²) in [5, 5.41) is 8.47. The summed E-state index contributed by atoms with van der Waals surface area (Å²) in [6.07, 6.45) is 4.79. The van der Waals surface area contributed by atoms with Gasteiger partial charge in [0.2, 0.25) is 0 Å². The molecule has 3 rings (SSSR count). The first-order valence-corrected chi connectivity index (χ1v) is 9.06. The Bertz CT molecular complexity index is 802. The first-order chi connectivity index (χ1) is 13.0. The summed E-state index contributed by atoms with van der Waals surface area (Å²) in [4.78, 5) is 28.1. The van der Waals surface area contributed by atoms with Gasteiger partial charge in [0.1, 0.15) is 5.82 Å². The van der Waals surface area contributed by atoms with Crippen molar-refractivity contribution in [3.05, 3.63) is 54.0 Å². The number of halogens is 1. The molecule has 1 fully saturated rings. The molecule has 0 saturated heterocycles. The number of hydrogen-bond donors (Lipinski definition) is 3. The van der Waals surface area contributed by atoms with E-state index < -0.39 is 0 Å². The average Bonchev–Trinajstić information content (AvgIpc) is 2.69. The molecule has 0 bridgehead atoms. The Balaban J connectivity index is 1.54. The van der Waals surface area contributed by atoms with Crippen LogP contribution in [0.4, 0.5) is 9.18 Å². The zero-order valence-corrected chi connectivity index (χ0v) is 15.2. The van der Waals surface area contributed by atoms with Gasteiger partial charge in [-0.15, -0.1) is 0 Å². The Kier molecular flexibility index (Phi) is 6.01. The predicted molar refractivity (Wildman–Crippen MR) is 101 cm³/mol. The van der Waals surface area contributed by atoms with Gasteiger partial charge in [0.25, 0.3) is 5.91 Å². The summed E-state index contributed by atoms with van der Waals surface area (Å²) in [6, 6.07) is 9.66. The first-order valence-electron chi connectivity index (χ1n) is 9.06. The largest absolute Gasteiger partial charge is 0.349 e. The van der Waals surface area contributed by atoms with Crippen LogP contribution in [-0.2, 0) is 0 Å². The highest BCUT2D eigenvalue weighted by molar-refractivity contribution is 5.94. The van der Waals surface area contributed by atoms with Crippen LogP contribution in [0, 0.1) is 5.82 Å². The maximum atomic E-state index is 13.3. The van der Waals surface area contributed by atoms with Gasteiger partial charge in [-0.2, -0.15) is 0 Å². The molecule has 2 aromatic rings. The maximum Gasteiger partial charge on any atom is 0.314 e. The molecule has 3 N–H and O–H groups in total. The molecule has 27 heavy (non-hydrogen) atoms. The van der Waals surface area contributed by atoms with E-state index in [1.165, 1.54) is 18.3 Å². The number of rotatable bonds is 4. The number of hydrogen-bond acceptors (Lipinski definition) is 3. The first kappa shape index (κ1) is 18.8. The van der Waals surface area contributed by atoms with Crippen LogP contribution in [0.1, 0.15) is 36.0 Å². The lowest BCUT2D eigenvalue weighted by atomic mass is 9.91. The monoisotopic (exact) mass is 370 g/mol.